The summed E-state index contributed by atoms with van der Waals surface area (Å²) in [5.41, 5.74) is 0. The van der Waals surface area contributed by atoms with Gasteiger partial charge < -0.3 is 4.74 Å². The van der Waals surface area contributed by atoms with E-state index in [1.807, 2.05) is 6.92 Å². The smallest absolute Gasteiger partial charge is 0.115 e. The molecule has 0 saturated heterocycles. The van der Waals surface area contributed by atoms with Crippen LogP contribution in [0.4, 0.5) is 0 Å². The molecule has 0 spiro atoms. The minimum absolute atomic E-state index is 0.0927. The molecule has 1 fully saturated rings. The first-order valence-electron chi connectivity index (χ1n) is 5.15. The Morgan fingerprint density at radius 2 is 2.15 bits per heavy atom. The third-order valence-electron chi connectivity index (χ3n) is 2.61. The van der Waals surface area contributed by atoms with Gasteiger partial charge in [-0.2, -0.15) is 0 Å². The number of ether oxygens (including phenoxy) is 1. The van der Waals surface area contributed by atoms with Gasteiger partial charge in [0.2, 0.25) is 0 Å². The standard InChI is InChI=1S/C12H19O/c1-11(13-2)7-6-10-12-8-4-3-5-9-12/h3,11-12H,4-5,8-10H2,1-2H3. The second-order valence-electron chi connectivity index (χ2n) is 3.71. The molecule has 0 aromatic rings. The van der Waals surface area contributed by atoms with Crippen LogP contribution in [-0.4, -0.2) is 13.2 Å². The van der Waals surface area contributed by atoms with Crippen molar-refractivity contribution in [2.45, 2.75) is 45.1 Å². The number of hydrogen-bond donors (Lipinski definition) is 0. The molecule has 1 unspecified atom stereocenters. The third-order valence-corrected chi connectivity index (χ3v) is 2.61. The molecule has 0 heterocycles. The monoisotopic (exact) mass is 179 g/mol. The summed E-state index contributed by atoms with van der Waals surface area (Å²) in [4.78, 5) is 0. The largest absolute Gasteiger partial charge is 0.369 e. The quantitative estimate of drug-likeness (QED) is 0.592. The van der Waals surface area contributed by atoms with Crippen LogP contribution in [0.3, 0.4) is 0 Å². The van der Waals surface area contributed by atoms with E-state index in [1.54, 1.807) is 7.11 Å². The highest BCUT2D eigenvalue weighted by atomic mass is 16.5. The van der Waals surface area contributed by atoms with Gasteiger partial charge in [0.1, 0.15) is 6.10 Å². The minimum Gasteiger partial charge on any atom is -0.369 e. The molecule has 0 amide bonds. The Labute approximate surface area is 81.9 Å². The minimum atomic E-state index is 0.0927. The van der Waals surface area contributed by atoms with Gasteiger partial charge in [-0.15, -0.1) is 5.92 Å². The van der Waals surface area contributed by atoms with Crippen LogP contribution in [0.5, 0.6) is 0 Å². The SMILES string of the molecule is COC(C)C#CCC1CC[CH]CC1. The molecule has 73 valence electrons. The van der Waals surface area contributed by atoms with Crippen molar-refractivity contribution in [2.24, 2.45) is 5.92 Å². The maximum absolute atomic E-state index is 5.06. The van der Waals surface area contributed by atoms with E-state index in [0.29, 0.717) is 0 Å². The number of rotatable bonds is 2. The van der Waals surface area contributed by atoms with Gasteiger partial charge in [0.25, 0.3) is 0 Å². The van der Waals surface area contributed by atoms with Crippen LogP contribution < -0.4 is 0 Å². The summed E-state index contributed by atoms with van der Waals surface area (Å²) in [5, 5.41) is 0. The predicted octanol–water partition coefficient (Wildman–Crippen LogP) is 2.81. The molecule has 0 aliphatic heterocycles. The molecule has 0 aromatic carbocycles. The Kier molecular flexibility index (Phi) is 4.93. The van der Waals surface area contributed by atoms with Gasteiger partial charge in [-0.05, 0) is 44.9 Å². The summed E-state index contributed by atoms with van der Waals surface area (Å²) >= 11 is 0. The lowest BCUT2D eigenvalue weighted by atomic mass is 9.87. The van der Waals surface area contributed by atoms with Crippen molar-refractivity contribution >= 4 is 0 Å². The average molecular weight is 179 g/mol. The maximum atomic E-state index is 5.06. The Hall–Kier alpha value is -0.480. The van der Waals surface area contributed by atoms with Gasteiger partial charge in [0.05, 0.1) is 0 Å². The third kappa shape index (κ3) is 4.33. The molecule has 1 radical (unpaired) electrons. The van der Waals surface area contributed by atoms with E-state index in [0.717, 1.165) is 12.3 Å². The topological polar surface area (TPSA) is 9.23 Å². The van der Waals surface area contributed by atoms with E-state index >= 15 is 0 Å². The van der Waals surface area contributed by atoms with Crippen LogP contribution in [0.25, 0.3) is 0 Å². The van der Waals surface area contributed by atoms with Crippen LogP contribution >= 0.6 is 0 Å². The molecule has 1 aliphatic carbocycles. The zero-order chi connectivity index (χ0) is 9.52. The lowest BCUT2D eigenvalue weighted by Crippen LogP contribution is -2.06. The molecule has 1 heteroatoms. The lowest BCUT2D eigenvalue weighted by Gasteiger charge is -2.18. The van der Waals surface area contributed by atoms with Crippen LogP contribution in [0.15, 0.2) is 0 Å². The number of methoxy groups -OCH3 is 1. The van der Waals surface area contributed by atoms with Gasteiger partial charge in [0.15, 0.2) is 0 Å². The fraction of sp³-hybridized carbons (Fsp3) is 0.750. The molecule has 1 saturated carbocycles. The average Bonchev–Trinajstić information content (AvgIpc) is 2.19. The van der Waals surface area contributed by atoms with E-state index in [1.165, 1.54) is 25.7 Å². The van der Waals surface area contributed by atoms with Crippen LogP contribution in [0, 0.1) is 24.2 Å². The summed E-state index contributed by atoms with van der Waals surface area (Å²) in [6, 6.07) is 0. The molecule has 0 bridgehead atoms. The van der Waals surface area contributed by atoms with Gasteiger partial charge in [-0.3, -0.25) is 0 Å². The molecular weight excluding hydrogens is 160 g/mol. The summed E-state index contributed by atoms with van der Waals surface area (Å²) in [6.45, 7) is 1.99. The molecule has 0 aromatic heterocycles. The summed E-state index contributed by atoms with van der Waals surface area (Å²) in [5.74, 6) is 7.15. The molecular formula is C12H19O. The second-order valence-corrected chi connectivity index (χ2v) is 3.71. The van der Waals surface area contributed by atoms with Crippen molar-refractivity contribution in [3.63, 3.8) is 0 Å². The molecule has 1 atom stereocenters. The first-order chi connectivity index (χ1) is 6.33. The van der Waals surface area contributed by atoms with Crippen molar-refractivity contribution in [3.8, 4) is 11.8 Å². The highest BCUT2D eigenvalue weighted by molar-refractivity contribution is 5.04. The first-order valence-corrected chi connectivity index (χ1v) is 5.15. The molecule has 0 N–H and O–H groups in total. The maximum Gasteiger partial charge on any atom is 0.115 e. The first kappa shape index (κ1) is 10.6. The van der Waals surface area contributed by atoms with Gasteiger partial charge in [-0.1, -0.05) is 5.92 Å². The van der Waals surface area contributed by atoms with E-state index in [-0.39, 0.29) is 6.10 Å². The highest BCUT2D eigenvalue weighted by Crippen LogP contribution is 2.24. The highest BCUT2D eigenvalue weighted by Gasteiger charge is 2.11. The van der Waals surface area contributed by atoms with Crippen LogP contribution in [-0.2, 0) is 4.74 Å². The summed E-state index contributed by atoms with van der Waals surface area (Å²) in [7, 11) is 1.70. The number of hydrogen-bond acceptors (Lipinski definition) is 1. The molecule has 1 aliphatic rings. The van der Waals surface area contributed by atoms with Crippen molar-refractivity contribution < 1.29 is 4.74 Å². The van der Waals surface area contributed by atoms with Crippen molar-refractivity contribution in [2.75, 3.05) is 7.11 Å². The molecule has 1 nitrogen and oxygen atoms in total. The van der Waals surface area contributed by atoms with Crippen molar-refractivity contribution in [1.82, 2.24) is 0 Å². The predicted molar refractivity (Wildman–Crippen MR) is 55.1 cm³/mol. The lowest BCUT2D eigenvalue weighted by molar-refractivity contribution is 0.163. The normalized spacial score (nSPS) is 20.5. The van der Waals surface area contributed by atoms with E-state index < -0.39 is 0 Å². The fourth-order valence-electron chi connectivity index (χ4n) is 1.61. The fourth-order valence-corrected chi connectivity index (χ4v) is 1.61. The van der Waals surface area contributed by atoms with E-state index in [2.05, 4.69) is 18.3 Å². The molecule has 1 rings (SSSR count). The van der Waals surface area contributed by atoms with Crippen molar-refractivity contribution in [1.29, 1.82) is 0 Å². The zero-order valence-electron chi connectivity index (χ0n) is 8.68. The Bertz CT molecular complexity index is 181. The Balaban J connectivity index is 2.18. The van der Waals surface area contributed by atoms with Gasteiger partial charge >= 0.3 is 0 Å². The van der Waals surface area contributed by atoms with Gasteiger partial charge in [-0.25, -0.2) is 0 Å². The van der Waals surface area contributed by atoms with E-state index in [9.17, 15) is 0 Å². The van der Waals surface area contributed by atoms with Crippen LogP contribution in [0.2, 0.25) is 0 Å². The van der Waals surface area contributed by atoms with Gasteiger partial charge in [0, 0.05) is 13.5 Å². The molecule has 13 heavy (non-hydrogen) atoms. The second kappa shape index (κ2) is 6.05. The summed E-state index contributed by atoms with van der Waals surface area (Å²) in [6.07, 6.45) is 8.77. The Morgan fingerprint density at radius 3 is 2.77 bits per heavy atom. The van der Waals surface area contributed by atoms with Crippen molar-refractivity contribution in [3.05, 3.63) is 6.42 Å². The van der Waals surface area contributed by atoms with E-state index in [4.69, 9.17) is 4.74 Å². The zero-order valence-corrected chi connectivity index (χ0v) is 8.68. The summed E-state index contributed by atoms with van der Waals surface area (Å²) < 4.78 is 5.06. The van der Waals surface area contributed by atoms with Crippen LogP contribution in [0.1, 0.15) is 39.0 Å². The Morgan fingerprint density at radius 1 is 1.46 bits per heavy atom.